The van der Waals surface area contributed by atoms with Gasteiger partial charge in [0.2, 0.25) is 11.1 Å². The average molecular weight is 312 g/mol. The van der Waals surface area contributed by atoms with Gasteiger partial charge in [0.1, 0.15) is 0 Å². The molecule has 9 heteroatoms. The summed E-state index contributed by atoms with van der Waals surface area (Å²) in [7, 11) is 1.20. The minimum absolute atomic E-state index is 0.445. The topological polar surface area (TPSA) is 97.0 Å². The number of aromatic amines is 1. The van der Waals surface area contributed by atoms with Crippen LogP contribution in [0.2, 0.25) is 0 Å². The minimum atomic E-state index is -0.781. The first kappa shape index (κ1) is 14.5. The zero-order valence-corrected chi connectivity index (χ0v) is 12.4. The van der Waals surface area contributed by atoms with Crippen molar-refractivity contribution in [2.24, 2.45) is 0 Å². The zero-order valence-electron chi connectivity index (χ0n) is 10.7. The Hall–Kier alpha value is -1.87. The van der Waals surface area contributed by atoms with Crippen LogP contribution >= 0.6 is 23.1 Å². The predicted octanol–water partition coefficient (Wildman–Crippen LogP) is 1.90. The number of hydrogen-bond acceptors (Lipinski definition) is 7. The number of rotatable bonds is 4. The van der Waals surface area contributed by atoms with Crippen molar-refractivity contribution < 1.29 is 14.3 Å². The molecule has 0 radical (unpaired) electrons. The second kappa shape index (κ2) is 6.53. The molecule has 106 valence electrons. The maximum atomic E-state index is 11.7. The van der Waals surface area contributed by atoms with E-state index < -0.39 is 17.3 Å². The number of aromatic nitrogens is 3. The van der Waals surface area contributed by atoms with Crippen molar-refractivity contribution in [3.63, 3.8) is 0 Å². The van der Waals surface area contributed by atoms with Crippen LogP contribution in [0.25, 0.3) is 10.7 Å². The Morgan fingerprint density at radius 3 is 3.00 bits per heavy atom. The third-order valence-electron chi connectivity index (χ3n) is 2.28. The molecular weight excluding hydrogens is 300 g/mol. The third kappa shape index (κ3) is 3.58. The lowest BCUT2D eigenvalue weighted by Crippen LogP contribution is -2.35. The standard InChI is InChI=1S/C11H12N4O3S2/c1-6(9(16)13-11(17)18-2)20-10-12-8(14-15-10)7-4-3-5-19-7/h3-6H,1-2H3,(H,12,14,15)(H,13,16,17)/t6-/m0/s1. The lowest BCUT2D eigenvalue weighted by atomic mass is 10.4. The highest BCUT2D eigenvalue weighted by molar-refractivity contribution is 8.00. The van der Waals surface area contributed by atoms with Crippen molar-refractivity contribution in [1.29, 1.82) is 0 Å². The van der Waals surface area contributed by atoms with Gasteiger partial charge in [0.25, 0.3) is 0 Å². The minimum Gasteiger partial charge on any atom is -0.453 e. The predicted molar refractivity (Wildman–Crippen MR) is 75.6 cm³/mol. The molecule has 0 aliphatic carbocycles. The van der Waals surface area contributed by atoms with Crippen LogP contribution in [-0.2, 0) is 9.53 Å². The maximum Gasteiger partial charge on any atom is 0.413 e. The molecule has 0 aromatic carbocycles. The normalized spacial score (nSPS) is 11.9. The van der Waals surface area contributed by atoms with Crippen molar-refractivity contribution in [2.75, 3.05) is 7.11 Å². The van der Waals surface area contributed by atoms with Gasteiger partial charge in [-0.05, 0) is 18.4 Å². The van der Waals surface area contributed by atoms with Crippen LogP contribution in [0.1, 0.15) is 6.92 Å². The summed E-state index contributed by atoms with van der Waals surface area (Å²) in [5.74, 6) is 0.201. The van der Waals surface area contributed by atoms with Gasteiger partial charge in [0, 0.05) is 0 Å². The largest absolute Gasteiger partial charge is 0.453 e. The Morgan fingerprint density at radius 2 is 2.35 bits per heavy atom. The van der Waals surface area contributed by atoms with E-state index in [9.17, 15) is 9.59 Å². The number of nitrogens with zero attached hydrogens (tertiary/aromatic N) is 2. The van der Waals surface area contributed by atoms with Crippen molar-refractivity contribution in [1.82, 2.24) is 20.5 Å². The number of alkyl carbamates (subject to hydrolysis) is 1. The molecule has 2 amide bonds. The number of amides is 2. The summed E-state index contributed by atoms with van der Waals surface area (Å²) in [5.41, 5.74) is 0. The molecule has 0 spiro atoms. The Kier molecular flexibility index (Phi) is 4.74. The van der Waals surface area contributed by atoms with Crippen LogP contribution in [-0.4, -0.2) is 39.5 Å². The van der Waals surface area contributed by atoms with Crippen molar-refractivity contribution in [2.45, 2.75) is 17.3 Å². The number of thioether (sulfide) groups is 1. The van der Waals surface area contributed by atoms with Gasteiger partial charge in [0.05, 0.1) is 17.2 Å². The first-order valence-corrected chi connectivity index (χ1v) is 7.38. The molecule has 0 bridgehead atoms. The van der Waals surface area contributed by atoms with E-state index in [1.165, 1.54) is 7.11 Å². The Balaban J connectivity index is 1.96. The number of hydrogen-bond donors (Lipinski definition) is 2. The summed E-state index contributed by atoms with van der Waals surface area (Å²) in [6.07, 6.45) is -0.781. The fraction of sp³-hybridized carbons (Fsp3) is 0.273. The number of carbonyl (C=O) groups is 2. The molecule has 2 rings (SSSR count). The van der Waals surface area contributed by atoms with Crippen molar-refractivity contribution in [3.05, 3.63) is 17.5 Å². The number of ether oxygens (including phenoxy) is 1. The molecule has 0 unspecified atom stereocenters. The highest BCUT2D eigenvalue weighted by Crippen LogP contribution is 2.25. The van der Waals surface area contributed by atoms with E-state index in [0.29, 0.717) is 11.0 Å². The quantitative estimate of drug-likeness (QED) is 0.837. The van der Waals surface area contributed by atoms with Crippen LogP contribution in [0.3, 0.4) is 0 Å². The molecule has 7 nitrogen and oxygen atoms in total. The molecule has 0 aliphatic rings. The molecule has 1 atom stereocenters. The van der Waals surface area contributed by atoms with E-state index in [2.05, 4.69) is 25.2 Å². The van der Waals surface area contributed by atoms with E-state index >= 15 is 0 Å². The molecule has 0 fully saturated rings. The second-order valence-electron chi connectivity index (χ2n) is 3.68. The molecule has 2 N–H and O–H groups in total. The highest BCUT2D eigenvalue weighted by atomic mass is 32.2. The summed E-state index contributed by atoms with van der Waals surface area (Å²) in [4.78, 5) is 27.8. The Bertz CT molecular complexity index is 597. The van der Waals surface area contributed by atoms with Crippen LogP contribution in [0.4, 0.5) is 4.79 Å². The Morgan fingerprint density at radius 1 is 1.55 bits per heavy atom. The molecule has 2 aromatic heterocycles. The van der Waals surface area contributed by atoms with Crippen molar-refractivity contribution >= 4 is 35.1 Å². The van der Waals surface area contributed by atoms with Gasteiger partial charge in [-0.3, -0.25) is 15.2 Å². The van der Waals surface area contributed by atoms with Crippen molar-refractivity contribution in [3.8, 4) is 10.7 Å². The number of methoxy groups -OCH3 is 1. The number of thiophene rings is 1. The van der Waals surface area contributed by atoms with Crippen LogP contribution in [0.15, 0.2) is 22.7 Å². The number of imide groups is 1. The second-order valence-corrected chi connectivity index (χ2v) is 5.94. The SMILES string of the molecule is COC(=O)NC(=O)[C@H](C)Sc1n[nH]c(-c2cccs2)n1. The summed E-state index contributed by atoms with van der Waals surface area (Å²) in [5, 5.41) is 10.8. The van der Waals surface area contributed by atoms with Gasteiger partial charge in [-0.25, -0.2) is 9.78 Å². The molecule has 20 heavy (non-hydrogen) atoms. The van der Waals surface area contributed by atoms with Gasteiger partial charge in [-0.1, -0.05) is 17.8 Å². The summed E-state index contributed by atoms with van der Waals surface area (Å²) < 4.78 is 4.36. The van der Waals surface area contributed by atoms with Gasteiger partial charge < -0.3 is 4.74 Å². The third-order valence-corrected chi connectivity index (χ3v) is 4.12. The van der Waals surface area contributed by atoms with Gasteiger partial charge in [0.15, 0.2) is 5.82 Å². The van der Waals surface area contributed by atoms with E-state index in [4.69, 9.17) is 0 Å². The number of H-pyrrole nitrogens is 1. The summed E-state index contributed by atoms with van der Waals surface area (Å²) in [6, 6.07) is 3.84. The van der Waals surface area contributed by atoms with Gasteiger partial charge in [-0.15, -0.1) is 16.4 Å². The smallest absolute Gasteiger partial charge is 0.413 e. The van der Waals surface area contributed by atoms with E-state index in [1.54, 1.807) is 18.3 Å². The van der Waals surface area contributed by atoms with Crippen LogP contribution in [0, 0.1) is 0 Å². The van der Waals surface area contributed by atoms with E-state index in [1.807, 2.05) is 17.5 Å². The fourth-order valence-corrected chi connectivity index (χ4v) is 2.68. The fourth-order valence-electron chi connectivity index (χ4n) is 1.29. The van der Waals surface area contributed by atoms with Crippen LogP contribution in [0.5, 0.6) is 0 Å². The summed E-state index contributed by atoms with van der Waals surface area (Å²) in [6.45, 7) is 1.66. The highest BCUT2D eigenvalue weighted by Gasteiger charge is 2.19. The molecule has 2 heterocycles. The average Bonchev–Trinajstić information content (AvgIpc) is 3.08. The molecule has 0 saturated carbocycles. The monoisotopic (exact) mass is 312 g/mol. The van der Waals surface area contributed by atoms with E-state index in [0.717, 1.165) is 16.6 Å². The lowest BCUT2D eigenvalue weighted by molar-refractivity contribution is -0.119. The summed E-state index contributed by atoms with van der Waals surface area (Å²) >= 11 is 2.70. The zero-order chi connectivity index (χ0) is 14.5. The lowest BCUT2D eigenvalue weighted by Gasteiger charge is -2.07. The molecule has 2 aromatic rings. The Labute approximate surface area is 123 Å². The first-order chi connectivity index (χ1) is 9.60. The molecule has 0 aliphatic heterocycles. The van der Waals surface area contributed by atoms with Crippen LogP contribution < -0.4 is 5.32 Å². The maximum absolute atomic E-state index is 11.7. The van der Waals surface area contributed by atoms with Gasteiger partial charge in [-0.2, -0.15) is 0 Å². The molecule has 0 saturated heterocycles. The molecular formula is C11H12N4O3S2. The number of carbonyl (C=O) groups excluding carboxylic acids is 2. The van der Waals surface area contributed by atoms with E-state index in [-0.39, 0.29) is 0 Å². The number of nitrogens with one attached hydrogen (secondary N) is 2. The van der Waals surface area contributed by atoms with Gasteiger partial charge >= 0.3 is 6.09 Å². The first-order valence-electron chi connectivity index (χ1n) is 5.62.